The first kappa shape index (κ1) is 15.4. The lowest BCUT2D eigenvalue weighted by molar-refractivity contribution is -0.0466. The van der Waals surface area contributed by atoms with E-state index in [0.717, 1.165) is 51.3 Å². The molecule has 2 aliphatic rings. The highest BCUT2D eigenvalue weighted by Gasteiger charge is 2.44. The summed E-state index contributed by atoms with van der Waals surface area (Å²) in [6.07, 6.45) is 4.41. The van der Waals surface area contributed by atoms with Crippen LogP contribution in [0, 0.1) is 5.41 Å². The number of ketones is 1. The fraction of sp³-hybridized carbons (Fsp3) is 0.647. The fourth-order valence-corrected chi connectivity index (χ4v) is 3.91. The highest BCUT2D eigenvalue weighted by atomic mass is 16.3. The maximum Gasteiger partial charge on any atom is 0.161 e. The molecular formula is C17H25N3O2. The van der Waals surface area contributed by atoms with Crippen LogP contribution in [0.4, 0.5) is 5.82 Å². The van der Waals surface area contributed by atoms with Crippen LogP contribution in [0.25, 0.3) is 0 Å². The van der Waals surface area contributed by atoms with Gasteiger partial charge in [0.25, 0.3) is 0 Å². The summed E-state index contributed by atoms with van der Waals surface area (Å²) in [5.41, 5.74) is 0.597. The van der Waals surface area contributed by atoms with Gasteiger partial charge in [-0.2, -0.15) is 0 Å². The van der Waals surface area contributed by atoms with E-state index in [4.69, 9.17) is 0 Å². The first-order valence-electron chi connectivity index (χ1n) is 8.09. The summed E-state index contributed by atoms with van der Waals surface area (Å²) in [5.74, 6) is 0.947. The molecule has 120 valence electrons. The summed E-state index contributed by atoms with van der Waals surface area (Å²) in [5, 5.41) is 10.6. The van der Waals surface area contributed by atoms with Crippen molar-refractivity contribution in [2.24, 2.45) is 5.41 Å². The zero-order chi connectivity index (χ0) is 15.7. The van der Waals surface area contributed by atoms with E-state index < -0.39 is 0 Å². The lowest BCUT2D eigenvalue weighted by atomic mass is 9.71. The third-order valence-corrected chi connectivity index (χ3v) is 5.16. The van der Waals surface area contributed by atoms with E-state index in [1.807, 2.05) is 12.1 Å². The standard InChI is InChI=1S/C17H25N3O2/c1-13(21)14-4-5-16(18-10-14)20-8-3-7-17(12-20)11-19(2)9-6-15(17)22/h4-5,10,15,22H,3,6-9,11-12H2,1-2H3/t15-,17-/m0/s1. The number of carbonyl (C=O) groups excluding carboxylic acids is 1. The average Bonchev–Trinajstić information content (AvgIpc) is 2.52. The first-order chi connectivity index (χ1) is 10.5. The van der Waals surface area contributed by atoms with Crippen molar-refractivity contribution >= 4 is 11.6 Å². The van der Waals surface area contributed by atoms with Crippen molar-refractivity contribution in [2.75, 3.05) is 38.1 Å². The molecule has 1 aromatic rings. The van der Waals surface area contributed by atoms with Crippen molar-refractivity contribution in [3.05, 3.63) is 23.9 Å². The van der Waals surface area contributed by atoms with E-state index in [1.165, 1.54) is 0 Å². The molecule has 1 aromatic heterocycles. The smallest absolute Gasteiger partial charge is 0.161 e. The fourth-order valence-electron chi connectivity index (χ4n) is 3.91. The summed E-state index contributed by atoms with van der Waals surface area (Å²) in [7, 11) is 2.13. The number of aliphatic hydroxyl groups is 1. The Kier molecular flexibility index (Phi) is 4.19. The molecular weight excluding hydrogens is 278 g/mol. The summed E-state index contributed by atoms with van der Waals surface area (Å²) in [4.78, 5) is 20.4. The Morgan fingerprint density at radius 2 is 2.18 bits per heavy atom. The number of Topliss-reactive ketones (excluding diaryl/α,β-unsaturated/α-hetero) is 1. The van der Waals surface area contributed by atoms with E-state index in [1.54, 1.807) is 13.1 Å². The number of piperidine rings is 2. The monoisotopic (exact) mass is 303 g/mol. The number of aromatic nitrogens is 1. The Morgan fingerprint density at radius 1 is 1.36 bits per heavy atom. The molecule has 0 aliphatic carbocycles. The minimum atomic E-state index is -0.233. The number of anilines is 1. The SMILES string of the molecule is CC(=O)c1ccc(N2CCC[C@]3(CN(C)CC[C@@H]3O)C2)nc1. The van der Waals surface area contributed by atoms with Crippen molar-refractivity contribution < 1.29 is 9.90 Å². The van der Waals surface area contributed by atoms with Crippen LogP contribution in [0.2, 0.25) is 0 Å². The molecule has 2 saturated heterocycles. The Labute approximate surface area is 131 Å². The molecule has 0 amide bonds. The van der Waals surface area contributed by atoms with Crippen LogP contribution in [-0.2, 0) is 0 Å². The summed E-state index contributed by atoms with van der Waals surface area (Å²) >= 11 is 0. The zero-order valence-corrected chi connectivity index (χ0v) is 13.5. The van der Waals surface area contributed by atoms with Crippen LogP contribution in [0.1, 0.15) is 36.5 Å². The second kappa shape index (κ2) is 5.97. The molecule has 3 rings (SSSR count). The molecule has 0 aromatic carbocycles. The maximum atomic E-state index is 11.4. The molecule has 22 heavy (non-hydrogen) atoms. The molecule has 0 bridgehead atoms. The highest BCUT2D eigenvalue weighted by molar-refractivity contribution is 5.93. The van der Waals surface area contributed by atoms with Crippen molar-refractivity contribution in [2.45, 2.75) is 32.3 Å². The van der Waals surface area contributed by atoms with Gasteiger partial charge < -0.3 is 14.9 Å². The normalized spacial score (nSPS) is 29.8. The third kappa shape index (κ3) is 2.88. The van der Waals surface area contributed by atoms with Crippen molar-refractivity contribution in [1.82, 2.24) is 9.88 Å². The first-order valence-corrected chi connectivity index (χ1v) is 8.09. The molecule has 5 nitrogen and oxygen atoms in total. The maximum absolute atomic E-state index is 11.4. The molecule has 5 heteroatoms. The number of hydrogen-bond donors (Lipinski definition) is 1. The summed E-state index contributed by atoms with van der Waals surface area (Å²) in [6.45, 7) is 5.26. The lowest BCUT2D eigenvalue weighted by Gasteiger charge is -2.50. The number of nitrogens with zero attached hydrogens (tertiary/aromatic N) is 3. The van der Waals surface area contributed by atoms with Crippen molar-refractivity contribution in [3.63, 3.8) is 0 Å². The Hall–Kier alpha value is -1.46. The van der Waals surface area contributed by atoms with Gasteiger partial charge in [0.2, 0.25) is 0 Å². The minimum absolute atomic E-state index is 0.0403. The molecule has 0 unspecified atom stereocenters. The van der Waals surface area contributed by atoms with Crippen LogP contribution in [0.3, 0.4) is 0 Å². The average molecular weight is 303 g/mol. The van der Waals surface area contributed by atoms with Gasteiger partial charge in [-0.05, 0) is 45.4 Å². The Balaban J connectivity index is 1.79. The number of likely N-dealkylation sites (tertiary alicyclic amines) is 1. The quantitative estimate of drug-likeness (QED) is 0.841. The molecule has 2 atom stereocenters. The van der Waals surface area contributed by atoms with Gasteiger partial charge in [-0.15, -0.1) is 0 Å². The van der Waals surface area contributed by atoms with Crippen LogP contribution in [0.15, 0.2) is 18.3 Å². The molecule has 2 fully saturated rings. The van der Waals surface area contributed by atoms with Crippen LogP contribution >= 0.6 is 0 Å². The molecule has 3 heterocycles. The van der Waals surface area contributed by atoms with Crippen LogP contribution in [0.5, 0.6) is 0 Å². The van der Waals surface area contributed by atoms with E-state index in [9.17, 15) is 9.90 Å². The Bertz CT molecular complexity index is 545. The minimum Gasteiger partial charge on any atom is -0.392 e. The number of aliphatic hydroxyl groups excluding tert-OH is 1. The van der Waals surface area contributed by atoms with E-state index in [0.29, 0.717) is 5.56 Å². The van der Waals surface area contributed by atoms with Crippen molar-refractivity contribution in [1.29, 1.82) is 0 Å². The van der Waals surface area contributed by atoms with Crippen molar-refractivity contribution in [3.8, 4) is 0 Å². The van der Waals surface area contributed by atoms with Gasteiger partial charge in [0.1, 0.15) is 5.82 Å². The van der Waals surface area contributed by atoms with E-state index >= 15 is 0 Å². The Morgan fingerprint density at radius 3 is 2.86 bits per heavy atom. The molecule has 1 N–H and O–H groups in total. The second-order valence-electron chi connectivity index (χ2n) is 6.89. The van der Waals surface area contributed by atoms with Crippen LogP contribution in [-0.4, -0.2) is 60.1 Å². The second-order valence-corrected chi connectivity index (χ2v) is 6.89. The van der Waals surface area contributed by atoms with Gasteiger partial charge in [-0.1, -0.05) is 0 Å². The summed E-state index contributed by atoms with van der Waals surface area (Å²) < 4.78 is 0. The zero-order valence-electron chi connectivity index (χ0n) is 13.5. The molecule has 1 spiro atoms. The molecule has 2 aliphatic heterocycles. The summed E-state index contributed by atoms with van der Waals surface area (Å²) in [6, 6.07) is 3.77. The number of hydrogen-bond acceptors (Lipinski definition) is 5. The number of pyridine rings is 1. The number of carbonyl (C=O) groups is 1. The van der Waals surface area contributed by atoms with Crippen LogP contribution < -0.4 is 4.90 Å². The van der Waals surface area contributed by atoms with E-state index in [-0.39, 0.29) is 17.3 Å². The van der Waals surface area contributed by atoms with Gasteiger partial charge >= 0.3 is 0 Å². The lowest BCUT2D eigenvalue weighted by Crippen LogP contribution is -2.58. The molecule has 0 radical (unpaired) electrons. The van der Waals surface area contributed by atoms with Gasteiger partial charge in [-0.25, -0.2) is 4.98 Å². The predicted octanol–water partition coefficient (Wildman–Crippen LogP) is 1.57. The largest absolute Gasteiger partial charge is 0.392 e. The highest BCUT2D eigenvalue weighted by Crippen LogP contribution is 2.39. The van der Waals surface area contributed by atoms with Gasteiger partial charge in [0.15, 0.2) is 5.78 Å². The van der Waals surface area contributed by atoms with Gasteiger partial charge in [0, 0.05) is 43.4 Å². The molecule has 0 saturated carbocycles. The predicted molar refractivity (Wildman–Crippen MR) is 86.2 cm³/mol. The number of rotatable bonds is 2. The van der Waals surface area contributed by atoms with E-state index in [2.05, 4.69) is 21.8 Å². The van der Waals surface area contributed by atoms with Gasteiger partial charge in [0.05, 0.1) is 6.10 Å². The topological polar surface area (TPSA) is 56.7 Å². The third-order valence-electron chi connectivity index (χ3n) is 5.16. The van der Waals surface area contributed by atoms with Gasteiger partial charge in [-0.3, -0.25) is 4.79 Å².